The van der Waals surface area contributed by atoms with Gasteiger partial charge >= 0.3 is 0 Å². The summed E-state index contributed by atoms with van der Waals surface area (Å²) in [6, 6.07) is 0. The van der Waals surface area contributed by atoms with Crippen LogP contribution in [0.1, 0.15) is 25.7 Å². The summed E-state index contributed by atoms with van der Waals surface area (Å²) < 4.78 is 0. The molecule has 0 radical (unpaired) electrons. The van der Waals surface area contributed by atoms with E-state index in [2.05, 4.69) is 22.8 Å². The first kappa shape index (κ1) is 21.2. The smallest absolute Gasteiger partial charge is 0.0935 e. The van der Waals surface area contributed by atoms with E-state index in [4.69, 9.17) is 11.5 Å². The van der Waals surface area contributed by atoms with Crippen LogP contribution in [0.15, 0.2) is 24.3 Å². The highest BCUT2D eigenvalue weighted by Crippen LogP contribution is 1.92. The number of hydrogen-bond donors (Lipinski definition) is 6. The molecule has 0 aliphatic heterocycles. The molecule has 0 rings (SSSR count). The summed E-state index contributed by atoms with van der Waals surface area (Å²) in [5, 5.41) is 25.8. The lowest BCUT2D eigenvalue weighted by Gasteiger charge is -2.18. The lowest BCUT2D eigenvalue weighted by atomic mass is 10.2. The minimum Gasteiger partial charge on any atom is -0.389 e. The number of unbranched alkanes of at least 4 members (excludes halogenated alkanes) is 2. The molecule has 0 spiro atoms. The highest BCUT2D eigenvalue weighted by molar-refractivity contribution is 4.86. The SMILES string of the molecule is NCCCC=CCNCC(O)C(O)CNCC=CCCCN. The normalized spacial score (nSPS) is 14.9. The Morgan fingerprint density at radius 3 is 1.50 bits per heavy atom. The van der Waals surface area contributed by atoms with Crippen molar-refractivity contribution >= 4 is 0 Å². The van der Waals surface area contributed by atoms with Crippen LogP contribution in [0.25, 0.3) is 0 Å². The van der Waals surface area contributed by atoms with Gasteiger partial charge in [-0.05, 0) is 38.8 Å². The van der Waals surface area contributed by atoms with Gasteiger partial charge in [-0.25, -0.2) is 0 Å². The summed E-state index contributed by atoms with van der Waals surface area (Å²) in [5.74, 6) is 0. The van der Waals surface area contributed by atoms with Crippen molar-refractivity contribution in [1.82, 2.24) is 10.6 Å². The number of nitrogens with one attached hydrogen (secondary N) is 2. The Morgan fingerprint density at radius 1 is 0.727 bits per heavy atom. The van der Waals surface area contributed by atoms with Crippen LogP contribution in [-0.4, -0.2) is 61.7 Å². The van der Waals surface area contributed by atoms with E-state index in [9.17, 15) is 10.2 Å². The fraction of sp³-hybridized carbons (Fsp3) is 0.750. The Kier molecular flexibility index (Phi) is 16.0. The third kappa shape index (κ3) is 14.2. The van der Waals surface area contributed by atoms with E-state index in [1.165, 1.54) is 0 Å². The fourth-order valence-electron chi connectivity index (χ4n) is 1.77. The van der Waals surface area contributed by atoms with E-state index >= 15 is 0 Å². The van der Waals surface area contributed by atoms with E-state index in [-0.39, 0.29) is 0 Å². The second kappa shape index (κ2) is 16.6. The van der Waals surface area contributed by atoms with Gasteiger partial charge in [0.2, 0.25) is 0 Å². The maximum Gasteiger partial charge on any atom is 0.0935 e. The molecule has 0 saturated carbocycles. The van der Waals surface area contributed by atoms with Crippen molar-refractivity contribution in [2.75, 3.05) is 39.3 Å². The van der Waals surface area contributed by atoms with Crippen LogP contribution in [0, 0.1) is 0 Å². The Labute approximate surface area is 134 Å². The van der Waals surface area contributed by atoms with Crippen molar-refractivity contribution in [3.63, 3.8) is 0 Å². The van der Waals surface area contributed by atoms with Crippen LogP contribution in [0.5, 0.6) is 0 Å². The molecule has 0 aliphatic rings. The molecule has 6 nitrogen and oxygen atoms in total. The summed E-state index contributed by atoms with van der Waals surface area (Å²) in [5.41, 5.74) is 10.8. The first-order valence-corrected chi connectivity index (χ1v) is 8.20. The molecule has 22 heavy (non-hydrogen) atoms. The van der Waals surface area contributed by atoms with Gasteiger partial charge in [0, 0.05) is 26.2 Å². The highest BCUT2D eigenvalue weighted by atomic mass is 16.3. The summed E-state index contributed by atoms with van der Waals surface area (Å²) >= 11 is 0. The summed E-state index contributed by atoms with van der Waals surface area (Å²) in [7, 11) is 0. The third-order valence-electron chi connectivity index (χ3n) is 3.16. The van der Waals surface area contributed by atoms with E-state index in [1.807, 2.05) is 12.2 Å². The molecule has 6 heteroatoms. The average Bonchev–Trinajstić information content (AvgIpc) is 2.52. The van der Waals surface area contributed by atoms with Crippen LogP contribution in [0.2, 0.25) is 0 Å². The molecule has 2 atom stereocenters. The van der Waals surface area contributed by atoms with Gasteiger partial charge in [-0.15, -0.1) is 0 Å². The van der Waals surface area contributed by atoms with Crippen LogP contribution in [-0.2, 0) is 0 Å². The highest BCUT2D eigenvalue weighted by Gasteiger charge is 2.14. The number of nitrogens with two attached hydrogens (primary N) is 2. The second-order valence-corrected chi connectivity index (χ2v) is 5.26. The Bertz CT molecular complexity index is 257. The minimum absolute atomic E-state index is 0.371. The molecule has 8 N–H and O–H groups in total. The maximum absolute atomic E-state index is 9.81. The average molecular weight is 314 g/mol. The van der Waals surface area contributed by atoms with E-state index in [0.29, 0.717) is 39.3 Å². The van der Waals surface area contributed by atoms with Gasteiger partial charge in [-0.3, -0.25) is 0 Å². The largest absolute Gasteiger partial charge is 0.389 e. The van der Waals surface area contributed by atoms with Crippen molar-refractivity contribution in [2.24, 2.45) is 11.5 Å². The molecule has 0 aromatic carbocycles. The van der Waals surface area contributed by atoms with Crippen molar-refractivity contribution in [2.45, 2.75) is 37.9 Å². The van der Waals surface area contributed by atoms with Crippen molar-refractivity contribution < 1.29 is 10.2 Å². The van der Waals surface area contributed by atoms with Crippen molar-refractivity contribution in [3.05, 3.63) is 24.3 Å². The lowest BCUT2D eigenvalue weighted by Crippen LogP contribution is -2.42. The van der Waals surface area contributed by atoms with Gasteiger partial charge in [0.1, 0.15) is 0 Å². The van der Waals surface area contributed by atoms with Crippen LogP contribution in [0.3, 0.4) is 0 Å². The molecule has 0 fully saturated rings. The Hall–Kier alpha value is -0.760. The van der Waals surface area contributed by atoms with Crippen LogP contribution in [0.4, 0.5) is 0 Å². The molecule has 0 aliphatic carbocycles. The van der Waals surface area contributed by atoms with Crippen LogP contribution >= 0.6 is 0 Å². The van der Waals surface area contributed by atoms with E-state index < -0.39 is 12.2 Å². The van der Waals surface area contributed by atoms with Gasteiger partial charge in [-0.1, -0.05) is 24.3 Å². The molecule has 0 heterocycles. The first-order valence-electron chi connectivity index (χ1n) is 8.20. The van der Waals surface area contributed by atoms with Gasteiger partial charge in [0.15, 0.2) is 0 Å². The van der Waals surface area contributed by atoms with Gasteiger partial charge in [0.05, 0.1) is 12.2 Å². The maximum atomic E-state index is 9.81. The quantitative estimate of drug-likeness (QED) is 0.179. The molecule has 0 aromatic rings. The third-order valence-corrected chi connectivity index (χ3v) is 3.16. The molecular formula is C16H34N4O2. The van der Waals surface area contributed by atoms with Gasteiger partial charge < -0.3 is 32.3 Å². The van der Waals surface area contributed by atoms with Gasteiger partial charge in [-0.2, -0.15) is 0 Å². The molecular weight excluding hydrogens is 280 g/mol. The standard InChI is InChI=1S/C16H34N4O2/c17-9-5-1-3-7-11-19-13-15(21)16(22)14-20-12-8-4-2-6-10-18/h3-4,7-8,15-16,19-22H,1-2,5-6,9-14,17-18H2. The minimum atomic E-state index is -0.772. The Morgan fingerprint density at radius 2 is 1.14 bits per heavy atom. The zero-order chi connectivity index (χ0) is 16.5. The predicted octanol–water partition coefficient (Wildman–Crippen LogP) is -0.522. The summed E-state index contributed by atoms with van der Waals surface area (Å²) in [6.07, 6.45) is 10.6. The predicted molar refractivity (Wildman–Crippen MR) is 92.6 cm³/mol. The van der Waals surface area contributed by atoms with Crippen molar-refractivity contribution in [3.8, 4) is 0 Å². The summed E-state index contributed by atoms with van der Waals surface area (Å²) in [6.45, 7) is 3.53. The molecule has 0 saturated heterocycles. The molecule has 2 unspecified atom stereocenters. The van der Waals surface area contributed by atoms with Crippen molar-refractivity contribution in [1.29, 1.82) is 0 Å². The number of rotatable bonds is 15. The fourth-order valence-corrected chi connectivity index (χ4v) is 1.77. The number of hydrogen-bond acceptors (Lipinski definition) is 6. The summed E-state index contributed by atoms with van der Waals surface area (Å²) in [4.78, 5) is 0. The second-order valence-electron chi connectivity index (χ2n) is 5.26. The monoisotopic (exact) mass is 314 g/mol. The topological polar surface area (TPSA) is 117 Å². The number of allylic oxidation sites excluding steroid dienone is 2. The van der Waals surface area contributed by atoms with E-state index in [0.717, 1.165) is 25.7 Å². The molecule has 0 aromatic heterocycles. The van der Waals surface area contributed by atoms with Crippen LogP contribution < -0.4 is 22.1 Å². The zero-order valence-corrected chi connectivity index (χ0v) is 13.6. The molecule has 130 valence electrons. The Balaban J connectivity index is 3.52. The first-order chi connectivity index (χ1) is 10.7. The lowest BCUT2D eigenvalue weighted by molar-refractivity contribution is 0.0220. The van der Waals surface area contributed by atoms with E-state index in [1.54, 1.807) is 0 Å². The van der Waals surface area contributed by atoms with Gasteiger partial charge in [0.25, 0.3) is 0 Å². The zero-order valence-electron chi connectivity index (χ0n) is 13.6. The molecule has 0 bridgehead atoms. The number of aliphatic hydroxyl groups is 2. The molecule has 0 amide bonds. The number of aliphatic hydroxyl groups excluding tert-OH is 2.